The van der Waals surface area contributed by atoms with Crippen molar-refractivity contribution in [3.8, 4) is 0 Å². The van der Waals surface area contributed by atoms with Crippen LogP contribution in [-0.2, 0) is 0 Å². The third kappa shape index (κ3) is 2.88. The summed E-state index contributed by atoms with van der Waals surface area (Å²) in [6.45, 7) is 1.96. The summed E-state index contributed by atoms with van der Waals surface area (Å²) in [5.74, 6) is -0.687. The smallest absolute Gasteiger partial charge is 0.339 e. The second-order valence-corrected chi connectivity index (χ2v) is 4.85. The van der Waals surface area contributed by atoms with Crippen molar-refractivity contribution >= 4 is 23.4 Å². The van der Waals surface area contributed by atoms with E-state index in [-0.39, 0.29) is 11.6 Å². The Balaban J connectivity index is 2.33. The molecule has 1 N–H and O–H groups in total. The first-order valence-corrected chi connectivity index (χ1v) is 6.41. The second kappa shape index (κ2) is 5.88. The molecular weight excluding hydrogens is 278 g/mol. The maximum absolute atomic E-state index is 11.2. The number of halogens is 1. The van der Waals surface area contributed by atoms with E-state index >= 15 is 0 Å². The van der Waals surface area contributed by atoms with Gasteiger partial charge in [0.15, 0.2) is 5.82 Å². The monoisotopic (exact) mass is 291 g/mol. The maximum Gasteiger partial charge on any atom is 0.339 e. The van der Waals surface area contributed by atoms with Crippen LogP contribution in [0.15, 0.2) is 36.5 Å². The molecule has 0 saturated carbocycles. The number of nitrogens with zero attached hydrogens (tertiary/aromatic N) is 3. The minimum atomic E-state index is -1.02. The van der Waals surface area contributed by atoms with E-state index in [2.05, 4.69) is 10.2 Å². The Hall–Kier alpha value is -2.14. The van der Waals surface area contributed by atoms with Crippen LogP contribution in [0, 0.1) is 0 Å². The molecule has 0 bridgehead atoms. The van der Waals surface area contributed by atoms with Crippen LogP contribution in [0.5, 0.6) is 0 Å². The van der Waals surface area contributed by atoms with Crippen molar-refractivity contribution in [2.75, 3.05) is 11.9 Å². The predicted molar refractivity (Wildman–Crippen MR) is 77.3 cm³/mol. The molecule has 5 nitrogen and oxygen atoms in total. The first-order chi connectivity index (χ1) is 9.50. The summed E-state index contributed by atoms with van der Waals surface area (Å²) in [7, 11) is 1.79. The van der Waals surface area contributed by atoms with Gasteiger partial charge in [0.25, 0.3) is 0 Å². The molecule has 1 heterocycles. The molecule has 0 spiro atoms. The Labute approximate surface area is 121 Å². The summed E-state index contributed by atoms with van der Waals surface area (Å²) < 4.78 is 0. The number of benzene rings is 1. The zero-order valence-electron chi connectivity index (χ0n) is 11.1. The average Bonchev–Trinajstić information content (AvgIpc) is 2.46. The summed E-state index contributed by atoms with van der Waals surface area (Å²) in [5, 5.41) is 17.5. The van der Waals surface area contributed by atoms with Crippen molar-refractivity contribution in [2.45, 2.75) is 13.0 Å². The fourth-order valence-electron chi connectivity index (χ4n) is 1.90. The lowest BCUT2D eigenvalue weighted by Crippen LogP contribution is -2.25. The summed E-state index contributed by atoms with van der Waals surface area (Å²) in [6.07, 6.45) is 1.37. The SMILES string of the molecule is CC(c1ccc(Cl)cc1)N(C)c1nnccc1C(=O)O. The molecule has 0 fully saturated rings. The van der Waals surface area contributed by atoms with E-state index in [0.29, 0.717) is 10.8 Å². The molecule has 1 unspecified atom stereocenters. The average molecular weight is 292 g/mol. The lowest BCUT2D eigenvalue weighted by Gasteiger charge is -2.26. The highest BCUT2D eigenvalue weighted by molar-refractivity contribution is 6.30. The molecule has 104 valence electrons. The predicted octanol–water partition coefficient (Wildman–Crippen LogP) is 3.03. The summed E-state index contributed by atoms with van der Waals surface area (Å²) in [5.41, 5.74) is 1.14. The molecule has 0 amide bonds. The molecule has 0 saturated heterocycles. The zero-order valence-corrected chi connectivity index (χ0v) is 11.9. The standard InChI is InChI=1S/C14H14ClN3O2/c1-9(10-3-5-11(15)6-4-10)18(2)13-12(14(19)20)7-8-16-17-13/h3-9H,1-2H3,(H,19,20). The van der Waals surface area contributed by atoms with Crippen LogP contribution in [0.25, 0.3) is 0 Å². The minimum absolute atomic E-state index is 0.0536. The fourth-order valence-corrected chi connectivity index (χ4v) is 2.03. The van der Waals surface area contributed by atoms with Crippen LogP contribution < -0.4 is 4.90 Å². The van der Waals surface area contributed by atoms with Crippen molar-refractivity contribution in [3.05, 3.63) is 52.7 Å². The Bertz CT molecular complexity index is 616. The van der Waals surface area contributed by atoms with Gasteiger partial charge in [0.1, 0.15) is 5.56 Å². The van der Waals surface area contributed by atoms with Crippen LogP contribution in [0.3, 0.4) is 0 Å². The molecule has 1 aromatic heterocycles. The highest BCUT2D eigenvalue weighted by Crippen LogP contribution is 2.26. The highest BCUT2D eigenvalue weighted by Gasteiger charge is 2.20. The first-order valence-electron chi connectivity index (χ1n) is 6.04. The number of anilines is 1. The number of aromatic nitrogens is 2. The minimum Gasteiger partial charge on any atom is -0.478 e. The Morgan fingerprint density at radius 1 is 1.30 bits per heavy atom. The van der Waals surface area contributed by atoms with Crippen LogP contribution in [0.1, 0.15) is 28.9 Å². The number of hydrogen-bond acceptors (Lipinski definition) is 4. The van der Waals surface area contributed by atoms with Crippen molar-refractivity contribution in [1.82, 2.24) is 10.2 Å². The van der Waals surface area contributed by atoms with Gasteiger partial charge >= 0.3 is 5.97 Å². The van der Waals surface area contributed by atoms with E-state index in [1.165, 1.54) is 12.3 Å². The number of carbonyl (C=O) groups is 1. The number of carboxylic acid groups (broad SMARTS) is 1. The highest BCUT2D eigenvalue weighted by atomic mass is 35.5. The van der Waals surface area contributed by atoms with Gasteiger partial charge in [0.2, 0.25) is 0 Å². The van der Waals surface area contributed by atoms with Gasteiger partial charge in [0.05, 0.1) is 12.2 Å². The summed E-state index contributed by atoms with van der Waals surface area (Å²) in [4.78, 5) is 13.0. The van der Waals surface area contributed by atoms with Crippen molar-refractivity contribution in [3.63, 3.8) is 0 Å². The van der Waals surface area contributed by atoms with E-state index in [1.807, 2.05) is 19.1 Å². The number of aromatic carboxylic acids is 1. The van der Waals surface area contributed by atoms with Gasteiger partial charge in [-0.25, -0.2) is 4.79 Å². The molecule has 1 aromatic carbocycles. The lowest BCUT2D eigenvalue weighted by molar-refractivity contribution is 0.0697. The molecule has 1 atom stereocenters. The molecule has 2 rings (SSSR count). The molecule has 0 aliphatic carbocycles. The van der Waals surface area contributed by atoms with Crippen molar-refractivity contribution in [1.29, 1.82) is 0 Å². The van der Waals surface area contributed by atoms with E-state index in [0.717, 1.165) is 5.56 Å². The molecule has 0 aliphatic rings. The third-order valence-electron chi connectivity index (χ3n) is 3.20. The van der Waals surface area contributed by atoms with Crippen LogP contribution in [0.2, 0.25) is 5.02 Å². The maximum atomic E-state index is 11.2. The van der Waals surface area contributed by atoms with E-state index in [4.69, 9.17) is 11.6 Å². The van der Waals surface area contributed by atoms with Gasteiger partial charge in [-0.3, -0.25) is 0 Å². The van der Waals surface area contributed by atoms with Crippen molar-refractivity contribution < 1.29 is 9.90 Å². The lowest BCUT2D eigenvalue weighted by atomic mass is 10.1. The normalized spacial score (nSPS) is 11.9. The largest absolute Gasteiger partial charge is 0.478 e. The molecular formula is C14H14ClN3O2. The quantitative estimate of drug-likeness (QED) is 0.938. The van der Waals surface area contributed by atoms with Crippen molar-refractivity contribution in [2.24, 2.45) is 0 Å². The number of hydrogen-bond donors (Lipinski definition) is 1. The van der Waals surface area contributed by atoms with Crippen LogP contribution in [-0.4, -0.2) is 28.3 Å². The molecule has 6 heteroatoms. The third-order valence-corrected chi connectivity index (χ3v) is 3.45. The molecule has 0 radical (unpaired) electrons. The Morgan fingerprint density at radius 2 is 1.95 bits per heavy atom. The fraction of sp³-hybridized carbons (Fsp3) is 0.214. The van der Waals surface area contributed by atoms with Gasteiger partial charge in [-0.1, -0.05) is 23.7 Å². The van der Waals surface area contributed by atoms with Crippen LogP contribution >= 0.6 is 11.6 Å². The van der Waals surface area contributed by atoms with Gasteiger partial charge in [-0.15, -0.1) is 5.10 Å². The van der Waals surface area contributed by atoms with E-state index in [1.54, 1.807) is 24.1 Å². The van der Waals surface area contributed by atoms with E-state index in [9.17, 15) is 9.90 Å². The summed E-state index contributed by atoms with van der Waals surface area (Å²) >= 11 is 5.87. The number of carboxylic acids is 1. The van der Waals surface area contributed by atoms with E-state index < -0.39 is 5.97 Å². The van der Waals surface area contributed by atoms with Gasteiger partial charge in [-0.05, 0) is 30.7 Å². The zero-order chi connectivity index (χ0) is 14.7. The second-order valence-electron chi connectivity index (χ2n) is 4.41. The topological polar surface area (TPSA) is 66.3 Å². The van der Waals surface area contributed by atoms with Crippen LogP contribution in [0.4, 0.5) is 5.82 Å². The number of rotatable bonds is 4. The molecule has 20 heavy (non-hydrogen) atoms. The first kappa shape index (κ1) is 14.3. The Kier molecular flexibility index (Phi) is 4.20. The van der Waals surface area contributed by atoms with Gasteiger partial charge in [0, 0.05) is 12.1 Å². The van der Waals surface area contributed by atoms with Gasteiger partial charge in [-0.2, -0.15) is 5.10 Å². The Morgan fingerprint density at radius 3 is 2.55 bits per heavy atom. The summed E-state index contributed by atoms with van der Waals surface area (Å²) in [6, 6.07) is 8.80. The molecule has 0 aliphatic heterocycles. The van der Waals surface area contributed by atoms with Gasteiger partial charge < -0.3 is 10.0 Å². The molecule has 2 aromatic rings.